The molecule has 164 valence electrons. The van der Waals surface area contributed by atoms with Crippen LogP contribution in [0.2, 0.25) is 0 Å². The zero-order chi connectivity index (χ0) is 20.8. The molecule has 0 bridgehead atoms. The highest BCUT2D eigenvalue weighted by Gasteiger charge is 2.43. The number of likely N-dealkylation sites (tertiary alicyclic amines) is 1. The molecule has 1 saturated carbocycles. The average Bonchev–Trinajstić information content (AvgIpc) is 3.43. The summed E-state index contributed by atoms with van der Waals surface area (Å²) in [5, 5.41) is 14.2. The van der Waals surface area contributed by atoms with Crippen LogP contribution in [0.1, 0.15) is 49.7 Å². The van der Waals surface area contributed by atoms with Crippen molar-refractivity contribution in [2.75, 3.05) is 32.7 Å². The predicted molar refractivity (Wildman–Crippen MR) is 126 cm³/mol. The van der Waals surface area contributed by atoms with Crippen molar-refractivity contribution in [2.45, 2.75) is 58.0 Å². The van der Waals surface area contributed by atoms with Gasteiger partial charge in [0.25, 0.3) is 0 Å². The third kappa shape index (κ3) is 5.84. The molecular formula is C27H40N2O. The monoisotopic (exact) mass is 408 g/mol. The highest BCUT2D eigenvalue weighted by atomic mass is 16.3. The zero-order valence-corrected chi connectivity index (χ0v) is 18.7. The van der Waals surface area contributed by atoms with E-state index in [1.165, 1.54) is 50.0 Å². The van der Waals surface area contributed by atoms with Crippen molar-refractivity contribution in [2.24, 2.45) is 17.8 Å². The van der Waals surface area contributed by atoms with E-state index in [0.717, 1.165) is 38.8 Å². The molecule has 2 N–H and O–H groups in total. The summed E-state index contributed by atoms with van der Waals surface area (Å²) in [5.41, 5.74) is 4.31. The van der Waals surface area contributed by atoms with E-state index in [-0.39, 0.29) is 6.10 Å². The van der Waals surface area contributed by atoms with E-state index >= 15 is 0 Å². The largest absolute Gasteiger partial charge is 0.392 e. The van der Waals surface area contributed by atoms with Gasteiger partial charge in [-0.25, -0.2) is 0 Å². The summed E-state index contributed by atoms with van der Waals surface area (Å²) in [6.45, 7) is 8.16. The van der Waals surface area contributed by atoms with Crippen LogP contribution in [0, 0.1) is 24.7 Å². The van der Waals surface area contributed by atoms with Crippen molar-refractivity contribution in [1.29, 1.82) is 0 Å². The van der Waals surface area contributed by atoms with Crippen LogP contribution in [0.25, 0.3) is 0 Å². The molecule has 4 atom stereocenters. The molecule has 1 heterocycles. The highest BCUT2D eigenvalue weighted by molar-refractivity contribution is 5.23. The first-order valence-corrected chi connectivity index (χ1v) is 12.2. The Hall–Kier alpha value is -1.42. The number of fused-ring (bicyclic) bond motifs is 1. The number of hydrogen-bond donors (Lipinski definition) is 2. The molecule has 1 saturated heterocycles. The molecule has 30 heavy (non-hydrogen) atoms. The van der Waals surface area contributed by atoms with E-state index in [0.29, 0.717) is 17.8 Å². The van der Waals surface area contributed by atoms with Gasteiger partial charge in [-0.2, -0.15) is 0 Å². The fourth-order valence-corrected chi connectivity index (χ4v) is 5.79. The number of aryl methyl sites for hydroxylation is 2. The van der Waals surface area contributed by atoms with Crippen molar-refractivity contribution in [3.8, 4) is 0 Å². The number of nitrogens with zero attached hydrogens (tertiary/aromatic N) is 1. The molecule has 3 nitrogen and oxygen atoms in total. The quantitative estimate of drug-likeness (QED) is 0.442. The van der Waals surface area contributed by atoms with E-state index in [2.05, 4.69) is 59.6 Å². The maximum absolute atomic E-state index is 10.6. The first kappa shape index (κ1) is 21.8. The molecule has 0 amide bonds. The van der Waals surface area contributed by atoms with Crippen LogP contribution in [0.5, 0.6) is 0 Å². The summed E-state index contributed by atoms with van der Waals surface area (Å²) in [5.74, 6) is 1.51. The lowest BCUT2D eigenvalue weighted by molar-refractivity contribution is 0.141. The van der Waals surface area contributed by atoms with Gasteiger partial charge in [0.2, 0.25) is 0 Å². The summed E-state index contributed by atoms with van der Waals surface area (Å²) in [6.07, 6.45) is 15.2. The van der Waals surface area contributed by atoms with E-state index < -0.39 is 0 Å². The summed E-state index contributed by atoms with van der Waals surface area (Å²) < 4.78 is 0. The maximum atomic E-state index is 10.6. The minimum atomic E-state index is -0.165. The molecule has 2 aliphatic carbocycles. The van der Waals surface area contributed by atoms with Gasteiger partial charge >= 0.3 is 0 Å². The van der Waals surface area contributed by atoms with Gasteiger partial charge in [-0.3, -0.25) is 0 Å². The van der Waals surface area contributed by atoms with Gasteiger partial charge in [0.15, 0.2) is 0 Å². The van der Waals surface area contributed by atoms with Crippen molar-refractivity contribution in [1.82, 2.24) is 10.2 Å². The Morgan fingerprint density at radius 2 is 2.10 bits per heavy atom. The first-order chi connectivity index (χ1) is 14.7. The summed E-state index contributed by atoms with van der Waals surface area (Å²) in [6, 6.07) is 8.79. The fourth-order valence-electron chi connectivity index (χ4n) is 5.79. The van der Waals surface area contributed by atoms with E-state index in [1.807, 2.05) is 0 Å². The summed E-state index contributed by atoms with van der Waals surface area (Å²) >= 11 is 0. The number of aliphatic hydroxyl groups excluding tert-OH is 1. The molecule has 3 heteroatoms. The SMILES string of the molecule is Cc1cccc(CCC=C[C@@H]2[C@H]3CC(CNCCCN4CCCC4)=C[C@H]3C[C@H]2O)c1. The van der Waals surface area contributed by atoms with Crippen molar-refractivity contribution < 1.29 is 5.11 Å². The van der Waals surface area contributed by atoms with E-state index in [1.54, 1.807) is 5.57 Å². The fraction of sp³-hybridized carbons (Fsp3) is 0.630. The van der Waals surface area contributed by atoms with Crippen LogP contribution in [0.4, 0.5) is 0 Å². The summed E-state index contributed by atoms with van der Waals surface area (Å²) in [4.78, 5) is 2.60. The molecule has 0 radical (unpaired) electrons. The second-order valence-electron chi connectivity index (χ2n) is 9.77. The molecule has 1 aliphatic heterocycles. The van der Waals surface area contributed by atoms with Crippen LogP contribution in [-0.4, -0.2) is 48.8 Å². The normalized spacial score (nSPS) is 29.1. The molecule has 0 aromatic heterocycles. The van der Waals surface area contributed by atoms with Gasteiger partial charge < -0.3 is 15.3 Å². The number of aliphatic hydroxyl groups is 1. The predicted octanol–water partition coefficient (Wildman–Crippen LogP) is 4.50. The lowest BCUT2D eigenvalue weighted by Gasteiger charge is -2.18. The van der Waals surface area contributed by atoms with Gasteiger partial charge in [-0.05, 0) is 95.4 Å². The van der Waals surface area contributed by atoms with Gasteiger partial charge in [0, 0.05) is 12.5 Å². The molecule has 3 aliphatic rings. The summed E-state index contributed by atoms with van der Waals surface area (Å²) in [7, 11) is 0. The van der Waals surface area contributed by atoms with Crippen LogP contribution >= 0.6 is 0 Å². The molecule has 0 spiro atoms. The Balaban J connectivity index is 1.17. The van der Waals surface area contributed by atoms with Crippen molar-refractivity contribution >= 4 is 0 Å². The average molecular weight is 409 g/mol. The van der Waals surface area contributed by atoms with Crippen LogP contribution < -0.4 is 5.32 Å². The van der Waals surface area contributed by atoms with Crippen molar-refractivity contribution in [3.05, 3.63) is 59.2 Å². The minimum Gasteiger partial charge on any atom is -0.392 e. The van der Waals surface area contributed by atoms with Gasteiger partial charge in [-0.1, -0.05) is 53.6 Å². The molecule has 2 fully saturated rings. The first-order valence-electron chi connectivity index (χ1n) is 12.2. The van der Waals surface area contributed by atoms with Gasteiger partial charge in [0.1, 0.15) is 0 Å². The number of hydrogen-bond acceptors (Lipinski definition) is 3. The zero-order valence-electron chi connectivity index (χ0n) is 18.7. The number of allylic oxidation sites excluding steroid dienone is 2. The topological polar surface area (TPSA) is 35.5 Å². The van der Waals surface area contributed by atoms with E-state index in [4.69, 9.17) is 0 Å². The second-order valence-corrected chi connectivity index (χ2v) is 9.77. The van der Waals surface area contributed by atoms with Crippen LogP contribution in [0.15, 0.2) is 48.1 Å². The standard InChI is InChI=1S/C27H40N2O/c1-21-8-6-10-22(16-21)9-2-3-11-25-26-18-23(17-24(26)19-27(25)30)20-28-12-7-15-29-13-4-5-14-29/h3,6,8,10-11,16-17,24-28,30H,2,4-5,7,9,12-15,18-20H2,1H3/t24-,25+,26-,27+/m0/s1. The molecular weight excluding hydrogens is 368 g/mol. The molecule has 1 aromatic carbocycles. The number of rotatable bonds is 10. The minimum absolute atomic E-state index is 0.165. The van der Waals surface area contributed by atoms with Crippen LogP contribution in [0.3, 0.4) is 0 Å². The lowest BCUT2D eigenvalue weighted by Crippen LogP contribution is -2.26. The Labute approximate surface area is 183 Å². The molecule has 1 aromatic rings. The lowest BCUT2D eigenvalue weighted by atomic mass is 9.89. The third-order valence-corrected chi connectivity index (χ3v) is 7.37. The second kappa shape index (κ2) is 10.7. The van der Waals surface area contributed by atoms with Crippen molar-refractivity contribution in [3.63, 3.8) is 0 Å². The number of nitrogens with one attached hydrogen (secondary N) is 1. The Morgan fingerprint density at radius 1 is 1.23 bits per heavy atom. The Kier molecular flexibility index (Phi) is 7.81. The van der Waals surface area contributed by atoms with E-state index in [9.17, 15) is 5.11 Å². The Morgan fingerprint density at radius 3 is 2.93 bits per heavy atom. The third-order valence-electron chi connectivity index (χ3n) is 7.37. The van der Waals surface area contributed by atoms with Crippen LogP contribution in [-0.2, 0) is 6.42 Å². The molecule has 0 unspecified atom stereocenters. The van der Waals surface area contributed by atoms with Gasteiger partial charge in [-0.15, -0.1) is 0 Å². The Bertz CT molecular complexity index is 734. The van der Waals surface area contributed by atoms with Gasteiger partial charge in [0.05, 0.1) is 6.10 Å². The highest BCUT2D eigenvalue weighted by Crippen LogP contribution is 2.47. The molecule has 4 rings (SSSR count). The smallest absolute Gasteiger partial charge is 0.0611 e. The maximum Gasteiger partial charge on any atom is 0.0611 e. The number of benzene rings is 1.